The number of fused-ring (bicyclic) bond motifs is 8. The lowest BCUT2D eigenvalue weighted by molar-refractivity contribution is -0.0798. The minimum absolute atomic E-state index is 0.00129. The van der Waals surface area contributed by atoms with Gasteiger partial charge in [0.1, 0.15) is 0 Å². The Hall–Kier alpha value is -3.83. The number of aliphatic hydroxyl groups excluding tert-OH is 1. The van der Waals surface area contributed by atoms with E-state index in [4.69, 9.17) is 0 Å². The smallest absolute Gasteiger partial charge is 0.193 e. The number of allylic oxidation sites excluding steroid dienone is 2. The van der Waals surface area contributed by atoms with Crippen molar-refractivity contribution in [1.82, 2.24) is 4.90 Å². The van der Waals surface area contributed by atoms with Crippen LogP contribution in [0.1, 0.15) is 90.9 Å². The van der Waals surface area contributed by atoms with E-state index >= 15 is 0 Å². The van der Waals surface area contributed by atoms with E-state index < -0.39 is 17.1 Å². The average Bonchev–Trinajstić information content (AvgIpc) is 3.35. The van der Waals surface area contributed by atoms with Crippen molar-refractivity contribution in [3.8, 4) is 11.1 Å². The first kappa shape index (κ1) is 34.0. The summed E-state index contributed by atoms with van der Waals surface area (Å²) in [4.78, 5) is 17.1. The molecule has 1 saturated carbocycles. The third-order valence-corrected chi connectivity index (χ3v) is 11.3. The predicted octanol–water partition coefficient (Wildman–Crippen LogP) is 8.80. The minimum atomic E-state index is -0.918. The third-order valence-electron chi connectivity index (χ3n) is 11.3. The molecule has 2 N–H and O–H groups in total. The Morgan fingerprint density at radius 2 is 1.58 bits per heavy atom. The van der Waals surface area contributed by atoms with Crippen molar-refractivity contribution < 1.29 is 15.0 Å². The Kier molecular flexibility index (Phi) is 10.5. The molecule has 0 saturated heterocycles. The highest BCUT2D eigenvalue weighted by atomic mass is 16.3. The lowest BCUT2D eigenvalue weighted by Crippen LogP contribution is -2.52. The first-order valence-corrected chi connectivity index (χ1v) is 17.8. The molecule has 0 aliphatic heterocycles. The molecule has 0 aromatic heterocycles. The SMILES string of the molecule is CC1=CCCC2(C)C(CCC2(O)CN(C)CCc2ccccc2)c2ccc(cc2C(=O)c2ccccc2-c2ccccc2)CC(O)CC1. The molecule has 4 unspecified atom stereocenters. The van der Waals surface area contributed by atoms with Gasteiger partial charge in [-0.15, -0.1) is 0 Å². The van der Waals surface area contributed by atoms with Crippen molar-refractivity contribution in [2.45, 2.75) is 82.8 Å². The number of hydrogen-bond acceptors (Lipinski definition) is 4. The second kappa shape index (κ2) is 14.7. The molecule has 4 heteroatoms. The summed E-state index contributed by atoms with van der Waals surface area (Å²) in [6.45, 7) is 5.88. The average molecular weight is 642 g/mol. The van der Waals surface area contributed by atoms with Crippen LogP contribution in [-0.4, -0.2) is 52.7 Å². The van der Waals surface area contributed by atoms with Crippen LogP contribution < -0.4 is 0 Å². The molecule has 3 aliphatic carbocycles. The summed E-state index contributed by atoms with van der Waals surface area (Å²) < 4.78 is 0. The number of rotatable bonds is 8. The van der Waals surface area contributed by atoms with Crippen molar-refractivity contribution in [3.63, 3.8) is 0 Å². The first-order valence-electron chi connectivity index (χ1n) is 17.8. The number of aliphatic hydroxyl groups is 2. The molecule has 1 fully saturated rings. The van der Waals surface area contributed by atoms with Gasteiger partial charge in [0.25, 0.3) is 0 Å². The van der Waals surface area contributed by atoms with Gasteiger partial charge in [-0.2, -0.15) is 0 Å². The zero-order valence-electron chi connectivity index (χ0n) is 28.9. The highest BCUT2D eigenvalue weighted by Gasteiger charge is 2.57. The molecule has 0 amide bonds. The van der Waals surface area contributed by atoms with E-state index in [0.717, 1.165) is 60.9 Å². The number of ketones is 1. The lowest BCUT2D eigenvalue weighted by Gasteiger charge is -2.45. The van der Waals surface area contributed by atoms with Crippen LogP contribution in [0.15, 0.2) is 115 Å². The number of nitrogens with zero attached hydrogens (tertiary/aromatic N) is 1. The maximum Gasteiger partial charge on any atom is 0.193 e. The molecule has 4 aromatic rings. The molecule has 4 aromatic carbocycles. The fourth-order valence-corrected chi connectivity index (χ4v) is 8.38. The van der Waals surface area contributed by atoms with Gasteiger partial charge in [-0.25, -0.2) is 0 Å². The molecule has 0 heterocycles. The van der Waals surface area contributed by atoms with Gasteiger partial charge in [-0.1, -0.05) is 116 Å². The van der Waals surface area contributed by atoms with E-state index in [9.17, 15) is 15.0 Å². The van der Waals surface area contributed by atoms with Crippen LogP contribution in [-0.2, 0) is 12.8 Å². The normalized spacial score (nSPS) is 24.6. The van der Waals surface area contributed by atoms with Gasteiger partial charge < -0.3 is 15.1 Å². The van der Waals surface area contributed by atoms with Crippen LogP contribution in [0.5, 0.6) is 0 Å². The summed E-state index contributed by atoms with van der Waals surface area (Å²) in [6.07, 6.45) is 7.94. The van der Waals surface area contributed by atoms with Crippen molar-refractivity contribution >= 4 is 5.78 Å². The number of benzene rings is 4. The Bertz CT molecular complexity index is 1730. The Morgan fingerprint density at radius 1 is 0.875 bits per heavy atom. The summed E-state index contributed by atoms with van der Waals surface area (Å²) in [6, 6.07) is 34.8. The van der Waals surface area contributed by atoms with Crippen LogP contribution in [0, 0.1) is 5.41 Å². The van der Waals surface area contributed by atoms with Gasteiger partial charge in [0.2, 0.25) is 0 Å². The van der Waals surface area contributed by atoms with Gasteiger partial charge in [-0.05, 0) is 105 Å². The molecule has 250 valence electrons. The van der Waals surface area contributed by atoms with Crippen LogP contribution in [0.25, 0.3) is 11.1 Å². The molecule has 0 radical (unpaired) electrons. The molecule has 2 bridgehead atoms. The molecular weight excluding hydrogens is 590 g/mol. The van der Waals surface area contributed by atoms with Gasteiger partial charge in [0.05, 0.1) is 11.7 Å². The largest absolute Gasteiger partial charge is 0.393 e. The Morgan fingerprint density at radius 3 is 2.35 bits per heavy atom. The van der Waals surface area contributed by atoms with E-state index in [0.29, 0.717) is 36.9 Å². The van der Waals surface area contributed by atoms with Gasteiger partial charge in [0.15, 0.2) is 5.78 Å². The van der Waals surface area contributed by atoms with Crippen molar-refractivity contribution in [1.29, 1.82) is 0 Å². The lowest BCUT2D eigenvalue weighted by atomic mass is 9.64. The number of carbonyl (C=O) groups excluding carboxylic acids is 1. The molecule has 3 aliphatic rings. The molecule has 7 rings (SSSR count). The second-order valence-corrected chi connectivity index (χ2v) is 14.7. The van der Waals surface area contributed by atoms with Crippen molar-refractivity contribution in [2.75, 3.05) is 20.1 Å². The fraction of sp³-hybridized carbons (Fsp3) is 0.386. The molecule has 48 heavy (non-hydrogen) atoms. The predicted molar refractivity (Wildman–Crippen MR) is 196 cm³/mol. The van der Waals surface area contributed by atoms with Crippen molar-refractivity contribution in [2.24, 2.45) is 5.41 Å². The molecule has 4 atom stereocenters. The zero-order valence-corrected chi connectivity index (χ0v) is 28.9. The van der Waals surface area contributed by atoms with E-state index in [-0.39, 0.29) is 11.7 Å². The van der Waals surface area contributed by atoms with E-state index in [1.807, 2.05) is 54.6 Å². The van der Waals surface area contributed by atoms with Crippen molar-refractivity contribution in [3.05, 3.63) is 143 Å². The fourth-order valence-electron chi connectivity index (χ4n) is 8.38. The minimum Gasteiger partial charge on any atom is -0.393 e. The highest BCUT2D eigenvalue weighted by Crippen LogP contribution is 2.58. The molecular formula is C44H51NO3. The van der Waals surface area contributed by atoms with Gasteiger partial charge in [0, 0.05) is 29.6 Å². The quantitative estimate of drug-likeness (QED) is 0.149. The summed E-state index contributed by atoms with van der Waals surface area (Å²) in [5, 5.41) is 23.7. The third kappa shape index (κ3) is 7.27. The number of likely N-dealkylation sites (N-methyl/N-ethyl adjacent to an activating group) is 1. The maximum absolute atomic E-state index is 14.8. The van der Waals surface area contributed by atoms with Gasteiger partial charge in [-0.3, -0.25) is 4.79 Å². The van der Waals surface area contributed by atoms with E-state index in [2.05, 4.69) is 80.4 Å². The first-order chi connectivity index (χ1) is 23.2. The van der Waals surface area contributed by atoms with Crippen LogP contribution in [0.3, 0.4) is 0 Å². The van der Waals surface area contributed by atoms with Crippen LogP contribution >= 0.6 is 0 Å². The van der Waals surface area contributed by atoms with Crippen LogP contribution in [0.4, 0.5) is 0 Å². The summed E-state index contributed by atoms with van der Waals surface area (Å²) >= 11 is 0. The summed E-state index contributed by atoms with van der Waals surface area (Å²) in [7, 11) is 2.13. The number of hydrogen-bond donors (Lipinski definition) is 2. The maximum atomic E-state index is 14.8. The molecule has 0 spiro atoms. The zero-order chi connectivity index (χ0) is 33.7. The summed E-state index contributed by atoms with van der Waals surface area (Å²) in [5.74, 6) is 0.00452. The van der Waals surface area contributed by atoms with E-state index in [1.54, 1.807) is 0 Å². The van der Waals surface area contributed by atoms with Gasteiger partial charge >= 0.3 is 0 Å². The van der Waals surface area contributed by atoms with Crippen LogP contribution in [0.2, 0.25) is 0 Å². The standard InChI is InChI=1S/C44H51NO3/c1-32-13-12-26-43(2)41(24-27-44(43,48)31-45(3)28-25-33-14-6-4-7-15-33)38-23-21-34(29-36(46)22-20-32)30-40(38)42(47)39-19-11-10-18-37(39)35-16-8-5-9-17-35/h4-11,13-19,21,23,30,36,41,46,48H,12,20,22,24-29,31H2,1-3H3. The topological polar surface area (TPSA) is 60.8 Å². The Balaban J connectivity index is 1.40. The molecule has 4 nitrogen and oxygen atoms in total. The van der Waals surface area contributed by atoms with E-state index in [1.165, 1.54) is 11.1 Å². The Labute approximate surface area is 287 Å². The second-order valence-electron chi connectivity index (χ2n) is 14.7. The highest BCUT2D eigenvalue weighted by molar-refractivity contribution is 6.13. The number of carbonyl (C=O) groups is 1. The monoisotopic (exact) mass is 641 g/mol. The summed E-state index contributed by atoms with van der Waals surface area (Å²) in [5.41, 5.74) is 6.51.